The Labute approximate surface area is 344 Å². The number of nitrogens with one attached hydrogen (secondary N) is 6. The van der Waals surface area contributed by atoms with Crippen LogP contribution in [0.25, 0.3) is 0 Å². The van der Waals surface area contributed by atoms with Gasteiger partial charge in [0.2, 0.25) is 47.3 Å². The number of nitrogens with two attached hydrogens (primary N) is 2. The highest BCUT2D eigenvalue weighted by molar-refractivity contribution is 8.76. The molecule has 0 saturated carbocycles. The highest BCUT2D eigenvalue weighted by Gasteiger charge is 2.50. The molecule has 0 aliphatic carbocycles. The lowest BCUT2D eigenvalue weighted by molar-refractivity contribution is -0.144. The van der Waals surface area contributed by atoms with Gasteiger partial charge in [0.15, 0.2) is 0 Å². The first-order chi connectivity index (χ1) is 27.2. The normalized spacial score (nSPS) is 25.5. The topological polar surface area (TPSA) is 339 Å². The van der Waals surface area contributed by atoms with E-state index in [9.17, 15) is 58.2 Å². The summed E-state index contributed by atoms with van der Waals surface area (Å²) in [6.07, 6.45) is -1.77. The molecule has 21 nitrogen and oxygen atoms in total. The van der Waals surface area contributed by atoms with Gasteiger partial charge < -0.3 is 58.5 Å². The number of benzene rings is 1. The average Bonchev–Trinajstić information content (AvgIpc) is 3.46. The Kier molecular flexibility index (Phi) is 17.6. The zero-order chi connectivity index (χ0) is 43.3. The van der Waals surface area contributed by atoms with Crippen LogP contribution in [-0.4, -0.2) is 139 Å². The Morgan fingerprint density at radius 3 is 2.03 bits per heavy atom. The Morgan fingerprint density at radius 1 is 0.828 bits per heavy atom. The summed E-state index contributed by atoms with van der Waals surface area (Å²) in [5.74, 6) is -10.9. The first kappa shape index (κ1) is 47.3. The van der Waals surface area contributed by atoms with E-state index in [1.807, 2.05) is 0 Å². The van der Waals surface area contributed by atoms with E-state index in [-0.39, 0.29) is 30.3 Å². The number of carboxylic acid groups (broad SMARTS) is 2. The SMILES string of the molecule is CC(=O)NC1CSSC[C@@H](C(=O)O)NC(=O)C(CC(=O)O)NC(=O)CNC(=O)[C@H](Cc2ccc(CN)cc2)NC(=O)[C@H]2N(CSC2(C)C)C(=O)[C@H](CC(N)=O)NC1=O. The van der Waals surface area contributed by atoms with Gasteiger partial charge in [0, 0.05) is 36.1 Å². The summed E-state index contributed by atoms with van der Waals surface area (Å²) in [5, 5.41) is 33.5. The van der Waals surface area contributed by atoms with Gasteiger partial charge in [-0.2, -0.15) is 0 Å². The largest absolute Gasteiger partial charge is 0.481 e. The summed E-state index contributed by atoms with van der Waals surface area (Å²) < 4.78 is -0.989. The number of carbonyl (C=O) groups is 10. The van der Waals surface area contributed by atoms with Crippen LogP contribution in [0.15, 0.2) is 24.3 Å². The standard InChI is InChI=1S/C34H47N9O12S3/c1-16(44)38-22-13-57-58-14-23(33(54)55)42-29(50)20(10-26(47)48)39-25(46)12-37-28(49)19(8-17-4-6-18(11-35)7-5-17)40-31(52)27-34(2,3)56-15-43(27)32(53)21(9-24(36)45)41-30(22)51/h4-7,19-23,27H,8-15,35H2,1-3H3,(H2,36,45)(H,37,49)(H,38,44)(H,39,46)(H,40,52)(H,41,51)(H,42,50)(H,47,48)(H,54,55)/t19-,20?,21-,22?,23-,27+/m0/s1. The molecule has 6 atom stereocenters. The Hall–Kier alpha value is -5.07. The molecular formula is C34H47N9O12S3. The molecular weight excluding hydrogens is 823 g/mol. The number of hydrogen-bond donors (Lipinski definition) is 10. The minimum absolute atomic E-state index is 0.0801. The number of carbonyl (C=O) groups excluding carboxylic acids is 8. The summed E-state index contributed by atoms with van der Waals surface area (Å²) in [6, 6.07) is -2.24. The van der Waals surface area contributed by atoms with Crippen molar-refractivity contribution in [2.75, 3.05) is 23.9 Å². The maximum Gasteiger partial charge on any atom is 0.327 e. The fourth-order valence-corrected chi connectivity index (χ4v) is 9.28. The predicted octanol–water partition coefficient (Wildman–Crippen LogP) is -3.24. The molecule has 2 unspecified atom stereocenters. The van der Waals surface area contributed by atoms with Crippen molar-refractivity contribution < 1.29 is 58.2 Å². The number of fused-ring (bicyclic) bond motifs is 1. The van der Waals surface area contributed by atoms with E-state index < -0.39 is 120 Å². The molecule has 0 radical (unpaired) electrons. The molecule has 12 N–H and O–H groups in total. The minimum atomic E-state index is -1.77. The monoisotopic (exact) mass is 869 g/mol. The van der Waals surface area contributed by atoms with Gasteiger partial charge in [-0.3, -0.25) is 43.2 Å². The van der Waals surface area contributed by atoms with E-state index >= 15 is 0 Å². The number of thioether (sulfide) groups is 1. The molecule has 2 heterocycles. The molecule has 2 fully saturated rings. The molecule has 2 saturated heterocycles. The van der Waals surface area contributed by atoms with Crippen LogP contribution in [0.4, 0.5) is 0 Å². The van der Waals surface area contributed by atoms with Gasteiger partial charge in [0.1, 0.15) is 36.3 Å². The fourth-order valence-electron chi connectivity index (χ4n) is 5.82. The van der Waals surface area contributed by atoms with Crippen LogP contribution in [0.3, 0.4) is 0 Å². The van der Waals surface area contributed by atoms with Gasteiger partial charge in [-0.1, -0.05) is 45.9 Å². The molecule has 0 aromatic heterocycles. The number of carboxylic acids is 2. The molecule has 2 aliphatic rings. The highest BCUT2D eigenvalue weighted by atomic mass is 33.1. The second-order valence-corrected chi connectivity index (χ2v) is 17.9. The number of nitrogens with zero attached hydrogens (tertiary/aromatic N) is 1. The number of rotatable bonds is 9. The molecule has 0 spiro atoms. The lowest BCUT2D eigenvalue weighted by Gasteiger charge is -2.33. The number of primary amides is 1. The first-order valence-corrected chi connectivity index (χ1v) is 21.1. The van der Waals surface area contributed by atoms with Crippen LogP contribution in [0, 0.1) is 0 Å². The van der Waals surface area contributed by atoms with E-state index in [0.29, 0.717) is 5.56 Å². The Balaban J connectivity index is 2.07. The van der Waals surface area contributed by atoms with Crippen molar-refractivity contribution in [2.24, 2.45) is 11.5 Å². The third kappa shape index (κ3) is 14.1. The van der Waals surface area contributed by atoms with E-state index in [4.69, 9.17) is 11.5 Å². The van der Waals surface area contributed by atoms with Crippen molar-refractivity contribution in [2.45, 2.75) is 87.6 Å². The van der Waals surface area contributed by atoms with Crippen LogP contribution in [0.1, 0.15) is 44.7 Å². The zero-order valence-electron chi connectivity index (χ0n) is 31.7. The second kappa shape index (κ2) is 21.6. The van der Waals surface area contributed by atoms with E-state index in [1.165, 1.54) is 11.8 Å². The van der Waals surface area contributed by atoms with E-state index in [2.05, 4.69) is 31.9 Å². The van der Waals surface area contributed by atoms with Gasteiger partial charge in [0.05, 0.1) is 25.3 Å². The van der Waals surface area contributed by atoms with E-state index in [0.717, 1.165) is 39.0 Å². The van der Waals surface area contributed by atoms with Crippen LogP contribution >= 0.6 is 33.3 Å². The van der Waals surface area contributed by atoms with Crippen molar-refractivity contribution in [3.05, 3.63) is 35.4 Å². The summed E-state index contributed by atoms with van der Waals surface area (Å²) in [7, 11) is 1.77. The number of aliphatic carboxylic acids is 2. The van der Waals surface area contributed by atoms with Crippen LogP contribution in [0.5, 0.6) is 0 Å². The van der Waals surface area contributed by atoms with Crippen LogP contribution < -0.4 is 43.4 Å². The number of hydrogen-bond acceptors (Lipinski definition) is 14. The summed E-state index contributed by atoms with van der Waals surface area (Å²) in [4.78, 5) is 131. The van der Waals surface area contributed by atoms with Gasteiger partial charge >= 0.3 is 11.9 Å². The average molecular weight is 870 g/mol. The summed E-state index contributed by atoms with van der Waals surface area (Å²) in [5.41, 5.74) is 12.5. The lowest BCUT2D eigenvalue weighted by Crippen LogP contribution is -2.61. The Morgan fingerprint density at radius 2 is 1.45 bits per heavy atom. The quantitative estimate of drug-likeness (QED) is 0.109. The fraction of sp³-hybridized carbons (Fsp3) is 0.529. The minimum Gasteiger partial charge on any atom is -0.481 e. The maximum atomic E-state index is 14.2. The maximum absolute atomic E-state index is 14.2. The second-order valence-electron chi connectivity index (χ2n) is 13.8. The van der Waals surface area contributed by atoms with Crippen LogP contribution in [0.2, 0.25) is 0 Å². The summed E-state index contributed by atoms with van der Waals surface area (Å²) in [6.45, 7) is 3.91. The molecule has 8 amide bonds. The molecule has 3 rings (SSSR count). The molecule has 1 aromatic carbocycles. The summed E-state index contributed by atoms with van der Waals surface area (Å²) >= 11 is 1.20. The molecule has 24 heteroatoms. The zero-order valence-corrected chi connectivity index (χ0v) is 34.2. The van der Waals surface area contributed by atoms with E-state index in [1.54, 1.807) is 38.1 Å². The highest BCUT2D eigenvalue weighted by Crippen LogP contribution is 2.40. The smallest absolute Gasteiger partial charge is 0.327 e. The van der Waals surface area contributed by atoms with Gasteiger partial charge in [-0.25, -0.2) is 4.79 Å². The van der Waals surface area contributed by atoms with Crippen molar-refractivity contribution >= 4 is 92.5 Å². The third-order valence-corrected chi connectivity index (χ3v) is 12.5. The molecule has 1 aromatic rings. The first-order valence-electron chi connectivity index (χ1n) is 17.7. The van der Waals surface area contributed by atoms with Crippen molar-refractivity contribution in [1.82, 2.24) is 36.8 Å². The third-order valence-electron chi connectivity index (χ3n) is 8.74. The van der Waals surface area contributed by atoms with Crippen molar-refractivity contribution in [1.29, 1.82) is 0 Å². The lowest BCUT2D eigenvalue weighted by atomic mass is 9.98. The van der Waals surface area contributed by atoms with Crippen molar-refractivity contribution in [3.8, 4) is 0 Å². The number of amides is 8. The van der Waals surface area contributed by atoms with Crippen molar-refractivity contribution in [3.63, 3.8) is 0 Å². The van der Waals surface area contributed by atoms with Gasteiger partial charge in [-0.15, -0.1) is 11.8 Å². The molecule has 0 bridgehead atoms. The van der Waals surface area contributed by atoms with Crippen LogP contribution in [-0.2, 0) is 60.9 Å². The van der Waals surface area contributed by atoms with Gasteiger partial charge in [0.25, 0.3) is 0 Å². The van der Waals surface area contributed by atoms with Gasteiger partial charge in [-0.05, 0) is 25.0 Å². The Bertz CT molecular complexity index is 1770. The predicted molar refractivity (Wildman–Crippen MR) is 212 cm³/mol. The molecule has 318 valence electrons. The molecule has 2 aliphatic heterocycles. The molecule has 58 heavy (non-hydrogen) atoms.